The van der Waals surface area contributed by atoms with Gasteiger partial charge in [0.1, 0.15) is 0 Å². The first kappa shape index (κ1) is 13.3. The van der Waals surface area contributed by atoms with Crippen molar-refractivity contribution in [3.05, 3.63) is 24.0 Å². The number of pyridine rings is 1. The molecule has 2 heterocycles. The molecule has 100 valence electrons. The number of rotatable bonds is 6. The predicted molar refractivity (Wildman–Crippen MR) is 73.9 cm³/mol. The lowest BCUT2D eigenvalue weighted by atomic mass is 10.1. The van der Waals surface area contributed by atoms with Gasteiger partial charge in [0, 0.05) is 43.8 Å². The van der Waals surface area contributed by atoms with E-state index < -0.39 is 0 Å². The molecule has 1 aliphatic heterocycles. The molecule has 1 aliphatic rings. The third kappa shape index (κ3) is 3.21. The topological polar surface area (TPSA) is 37.4 Å². The normalized spacial score (nSPS) is 19.1. The van der Waals surface area contributed by atoms with Crippen LogP contribution >= 0.6 is 0 Å². The van der Waals surface area contributed by atoms with E-state index in [-0.39, 0.29) is 0 Å². The summed E-state index contributed by atoms with van der Waals surface area (Å²) in [7, 11) is 2.15. The Bertz CT molecular complexity index is 364. The highest BCUT2D eigenvalue weighted by Gasteiger charge is 2.21. The molecule has 0 saturated carbocycles. The van der Waals surface area contributed by atoms with Gasteiger partial charge in [0.15, 0.2) is 0 Å². The zero-order valence-corrected chi connectivity index (χ0v) is 11.4. The van der Waals surface area contributed by atoms with E-state index in [0.29, 0.717) is 6.04 Å². The lowest BCUT2D eigenvalue weighted by Gasteiger charge is -2.27. The van der Waals surface area contributed by atoms with Gasteiger partial charge in [0.25, 0.3) is 0 Å². The van der Waals surface area contributed by atoms with Crippen LogP contribution in [0.4, 0.5) is 5.69 Å². The van der Waals surface area contributed by atoms with Crippen LogP contribution in [0.25, 0.3) is 0 Å². The largest absolute Gasteiger partial charge is 0.379 e. The van der Waals surface area contributed by atoms with Gasteiger partial charge in [-0.2, -0.15) is 0 Å². The zero-order chi connectivity index (χ0) is 12.8. The summed E-state index contributed by atoms with van der Waals surface area (Å²) in [6, 6.07) is 2.60. The van der Waals surface area contributed by atoms with Gasteiger partial charge in [-0.25, -0.2) is 0 Å². The van der Waals surface area contributed by atoms with Crippen molar-refractivity contribution in [3.8, 4) is 0 Å². The molecule has 1 fully saturated rings. The SMILES string of the molecule is CCCNCc1cnccc1N(C)C1CCOC1. The van der Waals surface area contributed by atoms with Crippen molar-refractivity contribution in [2.45, 2.75) is 32.4 Å². The summed E-state index contributed by atoms with van der Waals surface area (Å²) < 4.78 is 5.47. The Balaban J connectivity index is 2.05. The van der Waals surface area contributed by atoms with E-state index in [2.05, 4.69) is 35.2 Å². The molecule has 0 aliphatic carbocycles. The second kappa shape index (κ2) is 6.71. The van der Waals surface area contributed by atoms with E-state index in [1.54, 1.807) is 0 Å². The van der Waals surface area contributed by atoms with E-state index in [1.807, 2.05) is 12.4 Å². The molecule has 1 aromatic rings. The lowest BCUT2D eigenvalue weighted by Crippen LogP contribution is -2.33. The Morgan fingerprint density at radius 2 is 2.44 bits per heavy atom. The molecule has 1 atom stereocenters. The summed E-state index contributed by atoms with van der Waals surface area (Å²) in [6.45, 7) is 5.82. The standard InChI is InChI=1S/C14H23N3O/c1-3-6-15-9-12-10-16-7-4-14(12)17(2)13-5-8-18-11-13/h4,7,10,13,15H,3,5-6,8-9,11H2,1-2H3. The summed E-state index contributed by atoms with van der Waals surface area (Å²) in [5, 5.41) is 3.44. The average molecular weight is 249 g/mol. The fourth-order valence-corrected chi connectivity index (χ4v) is 2.32. The molecule has 0 spiro atoms. The number of nitrogens with zero attached hydrogens (tertiary/aromatic N) is 2. The van der Waals surface area contributed by atoms with E-state index >= 15 is 0 Å². The first-order valence-corrected chi connectivity index (χ1v) is 6.77. The van der Waals surface area contributed by atoms with Gasteiger partial charge in [-0.3, -0.25) is 4.98 Å². The van der Waals surface area contributed by atoms with E-state index in [9.17, 15) is 0 Å². The Labute approximate surface area is 109 Å². The van der Waals surface area contributed by atoms with E-state index in [4.69, 9.17) is 4.74 Å². The summed E-state index contributed by atoms with van der Waals surface area (Å²) in [6.07, 6.45) is 6.10. The quantitative estimate of drug-likeness (QED) is 0.780. The summed E-state index contributed by atoms with van der Waals surface area (Å²) in [5.74, 6) is 0. The van der Waals surface area contributed by atoms with Crippen molar-refractivity contribution in [3.63, 3.8) is 0 Å². The molecule has 1 saturated heterocycles. The Morgan fingerprint density at radius 1 is 1.56 bits per heavy atom. The molecule has 0 aromatic carbocycles. The smallest absolute Gasteiger partial charge is 0.0670 e. The van der Waals surface area contributed by atoms with Gasteiger partial charge in [-0.05, 0) is 25.5 Å². The second-order valence-electron chi connectivity index (χ2n) is 4.81. The number of anilines is 1. The fourth-order valence-electron chi connectivity index (χ4n) is 2.32. The number of likely N-dealkylation sites (N-methyl/N-ethyl adjacent to an activating group) is 1. The number of nitrogens with one attached hydrogen (secondary N) is 1. The number of hydrogen-bond donors (Lipinski definition) is 1. The van der Waals surface area contributed by atoms with Crippen LogP contribution in [-0.2, 0) is 11.3 Å². The van der Waals surface area contributed by atoms with Gasteiger partial charge in [0.05, 0.1) is 12.6 Å². The lowest BCUT2D eigenvalue weighted by molar-refractivity contribution is 0.193. The van der Waals surface area contributed by atoms with Crippen LogP contribution in [0.5, 0.6) is 0 Å². The molecule has 2 rings (SSSR count). The van der Waals surface area contributed by atoms with Gasteiger partial charge >= 0.3 is 0 Å². The van der Waals surface area contributed by atoms with Crippen molar-refractivity contribution in [1.82, 2.24) is 10.3 Å². The third-order valence-corrected chi connectivity index (χ3v) is 3.45. The van der Waals surface area contributed by atoms with Crippen molar-refractivity contribution in [1.29, 1.82) is 0 Å². The molecular formula is C14H23N3O. The molecule has 1 unspecified atom stereocenters. The number of ether oxygens (including phenoxy) is 1. The maximum Gasteiger partial charge on any atom is 0.0670 e. The van der Waals surface area contributed by atoms with E-state index in [0.717, 1.165) is 39.1 Å². The average Bonchev–Trinajstić information content (AvgIpc) is 2.93. The molecule has 1 aromatic heterocycles. The minimum Gasteiger partial charge on any atom is -0.379 e. The fraction of sp³-hybridized carbons (Fsp3) is 0.643. The Kier molecular flexibility index (Phi) is 4.96. The first-order chi connectivity index (χ1) is 8.83. The molecule has 4 nitrogen and oxygen atoms in total. The minimum atomic E-state index is 0.498. The minimum absolute atomic E-state index is 0.498. The Morgan fingerprint density at radius 3 is 3.17 bits per heavy atom. The highest BCUT2D eigenvalue weighted by Crippen LogP contribution is 2.23. The first-order valence-electron chi connectivity index (χ1n) is 6.77. The van der Waals surface area contributed by atoms with Crippen LogP contribution < -0.4 is 10.2 Å². The highest BCUT2D eigenvalue weighted by molar-refractivity contribution is 5.52. The van der Waals surface area contributed by atoms with Crippen molar-refractivity contribution < 1.29 is 4.74 Å². The zero-order valence-electron chi connectivity index (χ0n) is 11.4. The third-order valence-electron chi connectivity index (χ3n) is 3.45. The maximum absolute atomic E-state index is 5.47. The van der Waals surface area contributed by atoms with Gasteiger partial charge in [-0.1, -0.05) is 6.92 Å². The van der Waals surface area contributed by atoms with Crippen molar-refractivity contribution in [2.75, 3.05) is 31.7 Å². The summed E-state index contributed by atoms with van der Waals surface area (Å²) >= 11 is 0. The van der Waals surface area contributed by atoms with Crippen molar-refractivity contribution in [2.24, 2.45) is 0 Å². The highest BCUT2D eigenvalue weighted by atomic mass is 16.5. The van der Waals surface area contributed by atoms with Crippen LogP contribution in [0, 0.1) is 0 Å². The molecule has 0 radical (unpaired) electrons. The molecular weight excluding hydrogens is 226 g/mol. The molecule has 0 bridgehead atoms. The van der Waals surface area contributed by atoms with Crippen LogP contribution in [0.15, 0.2) is 18.5 Å². The van der Waals surface area contributed by atoms with Crippen LogP contribution in [0.2, 0.25) is 0 Å². The Hall–Kier alpha value is -1.13. The molecule has 1 N–H and O–H groups in total. The van der Waals surface area contributed by atoms with Crippen molar-refractivity contribution >= 4 is 5.69 Å². The summed E-state index contributed by atoms with van der Waals surface area (Å²) in [5.41, 5.74) is 2.53. The molecule has 18 heavy (non-hydrogen) atoms. The van der Waals surface area contributed by atoms with Gasteiger partial charge < -0.3 is 15.0 Å². The monoisotopic (exact) mass is 249 g/mol. The van der Waals surface area contributed by atoms with E-state index in [1.165, 1.54) is 11.3 Å². The predicted octanol–water partition coefficient (Wildman–Crippen LogP) is 1.81. The van der Waals surface area contributed by atoms with Crippen LogP contribution in [0.1, 0.15) is 25.3 Å². The molecule has 4 heteroatoms. The molecule has 0 amide bonds. The number of hydrogen-bond acceptors (Lipinski definition) is 4. The van der Waals surface area contributed by atoms with Gasteiger partial charge in [0.2, 0.25) is 0 Å². The second-order valence-corrected chi connectivity index (χ2v) is 4.81. The van der Waals surface area contributed by atoms with Crippen LogP contribution in [0.3, 0.4) is 0 Å². The van der Waals surface area contributed by atoms with Gasteiger partial charge in [-0.15, -0.1) is 0 Å². The number of aromatic nitrogens is 1. The maximum atomic E-state index is 5.47. The van der Waals surface area contributed by atoms with Crippen LogP contribution in [-0.4, -0.2) is 37.8 Å². The summed E-state index contributed by atoms with van der Waals surface area (Å²) in [4.78, 5) is 6.57.